The first kappa shape index (κ1) is 12.8. The van der Waals surface area contributed by atoms with Gasteiger partial charge in [0.05, 0.1) is 18.8 Å². The summed E-state index contributed by atoms with van der Waals surface area (Å²) in [6.07, 6.45) is 0.0486. The number of benzene rings is 1. The van der Waals surface area contributed by atoms with Gasteiger partial charge in [0.2, 0.25) is 0 Å². The molecule has 94 valence electrons. The Morgan fingerprint density at radius 1 is 1.53 bits per heavy atom. The van der Waals surface area contributed by atoms with E-state index < -0.39 is 0 Å². The molecule has 0 bridgehead atoms. The van der Waals surface area contributed by atoms with Crippen molar-refractivity contribution < 1.29 is 4.74 Å². The summed E-state index contributed by atoms with van der Waals surface area (Å²) in [5, 5.41) is 0.803. The second-order valence-electron chi connectivity index (χ2n) is 4.58. The molecule has 0 aliphatic carbocycles. The SMILES string of the molecule is Cc1ccc(C2C(CN)OCCN2C)cc1Cl. The van der Waals surface area contributed by atoms with Crippen molar-refractivity contribution in [2.45, 2.75) is 19.1 Å². The molecule has 2 unspecified atom stereocenters. The first-order valence-electron chi connectivity index (χ1n) is 5.91. The Morgan fingerprint density at radius 2 is 2.29 bits per heavy atom. The monoisotopic (exact) mass is 254 g/mol. The molecular formula is C13H19ClN2O. The van der Waals surface area contributed by atoms with Gasteiger partial charge in [0.15, 0.2) is 0 Å². The molecule has 1 aliphatic rings. The summed E-state index contributed by atoms with van der Waals surface area (Å²) in [5.74, 6) is 0. The molecule has 0 spiro atoms. The number of hydrogen-bond acceptors (Lipinski definition) is 3. The zero-order valence-electron chi connectivity index (χ0n) is 10.3. The van der Waals surface area contributed by atoms with Crippen LogP contribution in [0, 0.1) is 6.92 Å². The third-order valence-electron chi connectivity index (χ3n) is 3.37. The van der Waals surface area contributed by atoms with Crippen LogP contribution in [0.1, 0.15) is 17.2 Å². The molecule has 2 atom stereocenters. The van der Waals surface area contributed by atoms with E-state index in [2.05, 4.69) is 18.0 Å². The fraction of sp³-hybridized carbons (Fsp3) is 0.538. The van der Waals surface area contributed by atoms with E-state index in [1.807, 2.05) is 19.1 Å². The molecule has 17 heavy (non-hydrogen) atoms. The fourth-order valence-corrected chi connectivity index (χ4v) is 2.51. The molecule has 0 amide bonds. The summed E-state index contributed by atoms with van der Waals surface area (Å²) in [4.78, 5) is 2.28. The molecule has 1 aromatic carbocycles. The van der Waals surface area contributed by atoms with Gasteiger partial charge < -0.3 is 10.5 Å². The lowest BCUT2D eigenvalue weighted by Gasteiger charge is -2.39. The summed E-state index contributed by atoms with van der Waals surface area (Å²) in [6, 6.07) is 6.38. The molecule has 4 heteroatoms. The number of nitrogens with two attached hydrogens (primary N) is 1. The van der Waals surface area contributed by atoms with Crippen LogP contribution >= 0.6 is 11.6 Å². The van der Waals surface area contributed by atoms with Crippen molar-refractivity contribution in [1.29, 1.82) is 0 Å². The van der Waals surface area contributed by atoms with Gasteiger partial charge in [-0.25, -0.2) is 0 Å². The van der Waals surface area contributed by atoms with Crippen LogP contribution in [-0.2, 0) is 4.74 Å². The van der Waals surface area contributed by atoms with Gasteiger partial charge in [0.25, 0.3) is 0 Å². The summed E-state index contributed by atoms with van der Waals surface area (Å²) in [6.45, 7) is 4.20. The minimum Gasteiger partial charge on any atom is -0.374 e. The normalized spacial score (nSPS) is 26.1. The Morgan fingerprint density at radius 3 is 2.94 bits per heavy atom. The average Bonchev–Trinajstić information content (AvgIpc) is 2.32. The molecule has 2 N–H and O–H groups in total. The molecule has 2 rings (SSSR count). The maximum Gasteiger partial charge on any atom is 0.0894 e. The molecule has 3 nitrogen and oxygen atoms in total. The van der Waals surface area contributed by atoms with Gasteiger partial charge in [-0.1, -0.05) is 23.7 Å². The molecule has 0 radical (unpaired) electrons. The highest BCUT2D eigenvalue weighted by atomic mass is 35.5. The lowest BCUT2D eigenvalue weighted by Crippen LogP contribution is -2.46. The second-order valence-corrected chi connectivity index (χ2v) is 4.99. The van der Waals surface area contributed by atoms with Gasteiger partial charge in [-0.05, 0) is 31.2 Å². The van der Waals surface area contributed by atoms with Gasteiger partial charge in [0.1, 0.15) is 0 Å². The highest BCUT2D eigenvalue weighted by molar-refractivity contribution is 6.31. The smallest absolute Gasteiger partial charge is 0.0894 e. The summed E-state index contributed by atoms with van der Waals surface area (Å²) in [7, 11) is 2.10. The Balaban J connectivity index is 2.31. The van der Waals surface area contributed by atoms with Crippen LogP contribution in [-0.4, -0.2) is 37.7 Å². The van der Waals surface area contributed by atoms with Crippen molar-refractivity contribution in [2.75, 3.05) is 26.7 Å². The van der Waals surface area contributed by atoms with Gasteiger partial charge in [0, 0.05) is 18.1 Å². The average molecular weight is 255 g/mol. The zero-order chi connectivity index (χ0) is 12.4. The third kappa shape index (κ3) is 2.63. The predicted octanol–water partition coefficient (Wildman–Crippen LogP) is 1.98. The van der Waals surface area contributed by atoms with Crippen molar-refractivity contribution in [3.8, 4) is 0 Å². The van der Waals surface area contributed by atoms with Crippen molar-refractivity contribution in [3.63, 3.8) is 0 Å². The number of hydrogen-bond donors (Lipinski definition) is 1. The minimum absolute atomic E-state index is 0.0486. The van der Waals surface area contributed by atoms with Gasteiger partial charge >= 0.3 is 0 Å². The van der Waals surface area contributed by atoms with Gasteiger partial charge in [-0.15, -0.1) is 0 Å². The van der Waals surface area contributed by atoms with Crippen LogP contribution in [0.25, 0.3) is 0 Å². The van der Waals surface area contributed by atoms with Crippen molar-refractivity contribution in [2.24, 2.45) is 5.73 Å². The predicted molar refractivity (Wildman–Crippen MR) is 70.4 cm³/mol. The zero-order valence-corrected chi connectivity index (χ0v) is 11.1. The summed E-state index contributed by atoms with van der Waals surface area (Å²) < 4.78 is 5.72. The molecule has 1 fully saturated rings. The highest BCUT2D eigenvalue weighted by Crippen LogP contribution is 2.30. The van der Waals surface area contributed by atoms with Gasteiger partial charge in [-0.3, -0.25) is 4.90 Å². The molecule has 0 aromatic heterocycles. The largest absolute Gasteiger partial charge is 0.374 e. The number of ether oxygens (including phenoxy) is 1. The number of morpholine rings is 1. The molecule has 0 saturated carbocycles. The van der Waals surface area contributed by atoms with E-state index in [0.29, 0.717) is 6.54 Å². The number of rotatable bonds is 2. The molecule has 1 aromatic rings. The second kappa shape index (κ2) is 5.36. The van der Waals surface area contributed by atoms with E-state index in [1.165, 1.54) is 5.56 Å². The lowest BCUT2D eigenvalue weighted by molar-refractivity contribution is -0.0576. The van der Waals surface area contributed by atoms with Crippen LogP contribution < -0.4 is 5.73 Å². The topological polar surface area (TPSA) is 38.5 Å². The summed E-state index contributed by atoms with van der Waals surface area (Å²) in [5.41, 5.74) is 8.05. The van der Waals surface area contributed by atoms with Crippen LogP contribution in [0.5, 0.6) is 0 Å². The third-order valence-corrected chi connectivity index (χ3v) is 3.78. The van der Waals surface area contributed by atoms with Crippen LogP contribution in [0.2, 0.25) is 5.02 Å². The lowest BCUT2D eigenvalue weighted by atomic mass is 9.97. The Kier molecular flexibility index (Phi) is 4.05. The van der Waals surface area contributed by atoms with E-state index in [0.717, 1.165) is 23.7 Å². The number of aryl methyl sites for hydroxylation is 1. The maximum atomic E-state index is 6.18. The van der Waals surface area contributed by atoms with E-state index in [4.69, 9.17) is 22.1 Å². The van der Waals surface area contributed by atoms with Gasteiger partial charge in [-0.2, -0.15) is 0 Å². The number of halogens is 1. The van der Waals surface area contributed by atoms with Crippen molar-refractivity contribution in [3.05, 3.63) is 34.3 Å². The first-order chi connectivity index (χ1) is 8.13. The number of nitrogens with zero attached hydrogens (tertiary/aromatic N) is 1. The maximum absolute atomic E-state index is 6.18. The quantitative estimate of drug-likeness (QED) is 0.877. The summed E-state index contributed by atoms with van der Waals surface area (Å²) >= 11 is 6.18. The molecule has 1 saturated heterocycles. The number of likely N-dealkylation sites (N-methyl/N-ethyl adjacent to an activating group) is 1. The molecule has 1 aliphatic heterocycles. The van der Waals surface area contributed by atoms with Crippen LogP contribution in [0.15, 0.2) is 18.2 Å². The molecular weight excluding hydrogens is 236 g/mol. The van der Waals surface area contributed by atoms with E-state index in [1.54, 1.807) is 0 Å². The van der Waals surface area contributed by atoms with Crippen LogP contribution in [0.3, 0.4) is 0 Å². The van der Waals surface area contributed by atoms with Crippen molar-refractivity contribution >= 4 is 11.6 Å². The Labute approximate surface area is 107 Å². The minimum atomic E-state index is 0.0486. The Bertz CT molecular complexity index is 397. The van der Waals surface area contributed by atoms with E-state index in [9.17, 15) is 0 Å². The highest BCUT2D eigenvalue weighted by Gasteiger charge is 2.30. The van der Waals surface area contributed by atoms with E-state index >= 15 is 0 Å². The first-order valence-corrected chi connectivity index (χ1v) is 6.29. The standard InChI is InChI=1S/C13H19ClN2O/c1-9-3-4-10(7-11(9)14)13-12(8-15)17-6-5-16(13)2/h3-4,7,12-13H,5-6,8,15H2,1-2H3. The van der Waals surface area contributed by atoms with E-state index in [-0.39, 0.29) is 12.1 Å². The Hall–Kier alpha value is -0.610. The van der Waals surface area contributed by atoms with Crippen molar-refractivity contribution in [1.82, 2.24) is 4.90 Å². The van der Waals surface area contributed by atoms with Crippen LogP contribution in [0.4, 0.5) is 0 Å². The molecule has 1 heterocycles. The fourth-order valence-electron chi connectivity index (χ4n) is 2.32.